The van der Waals surface area contributed by atoms with Crippen molar-refractivity contribution in [3.05, 3.63) is 12.3 Å². The van der Waals surface area contributed by atoms with E-state index in [9.17, 15) is 19.5 Å². The number of nitrogens with two attached hydrogens (primary N) is 2. The average Bonchev–Trinajstić information content (AvgIpc) is 2.63. The molecule has 0 aliphatic carbocycles. The average molecular weight is 397 g/mol. The molecule has 8 nitrogen and oxygen atoms in total. The van der Waals surface area contributed by atoms with Gasteiger partial charge >= 0.3 is 5.97 Å². The Morgan fingerprint density at radius 3 is 2.36 bits per heavy atom. The monoisotopic (exact) mass is 396 g/mol. The zero-order valence-corrected chi connectivity index (χ0v) is 17.2. The number of hydrogen-bond acceptors (Lipinski definition) is 4. The van der Waals surface area contributed by atoms with Crippen LogP contribution >= 0.6 is 0 Å². The number of guanidine groups is 1. The van der Waals surface area contributed by atoms with Crippen LogP contribution in [0.1, 0.15) is 78.1 Å². The molecule has 6 N–H and O–H groups in total. The lowest BCUT2D eigenvalue weighted by molar-refractivity contribution is -0.141. The number of aliphatic carboxylic acids is 1. The standard InChI is InChI=1S/C20H36N4O4/c1-3-16(25)11-6-4-5-9-15(2)10-7-13-18(26)24-17(19(27)28)12-8-14-23-20(21)22/h8,14-15,17H,3-7,9-13H2,1-2H3,(H,24,26)(H,27,28)(H4,21,22,23)/b14-8+/t15?,17-/m0/s1. The molecule has 0 aromatic heterocycles. The molecule has 0 bridgehead atoms. The van der Waals surface area contributed by atoms with Gasteiger partial charge in [0.05, 0.1) is 0 Å². The molecule has 0 saturated carbocycles. The number of carboxylic acids is 1. The highest BCUT2D eigenvalue weighted by atomic mass is 16.4. The molecule has 0 aliphatic heterocycles. The number of hydrogen-bond donors (Lipinski definition) is 4. The van der Waals surface area contributed by atoms with Crippen LogP contribution in [0, 0.1) is 5.92 Å². The third-order valence-electron chi connectivity index (χ3n) is 4.48. The highest BCUT2D eigenvalue weighted by Gasteiger charge is 2.18. The fraction of sp³-hybridized carbons (Fsp3) is 0.700. The van der Waals surface area contributed by atoms with Crippen LogP contribution in [-0.2, 0) is 14.4 Å². The molecule has 8 heteroatoms. The molecule has 2 atom stereocenters. The van der Waals surface area contributed by atoms with E-state index in [1.165, 1.54) is 12.3 Å². The number of nitrogens with zero attached hydrogens (tertiary/aromatic N) is 1. The van der Waals surface area contributed by atoms with Crippen LogP contribution in [0.25, 0.3) is 0 Å². The molecule has 1 amide bonds. The number of unbranched alkanes of at least 4 members (excludes halogenated alkanes) is 2. The molecule has 0 heterocycles. The predicted octanol–water partition coefficient (Wildman–Crippen LogP) is 2.47. The lowest BCUT2D eigenvalue weighted by atomic mass is 9.96. The zero-order valence-electron chi connectivity index (χ0n) is 17.2. The second-order valence-corrected chi connectivity index (χ2v) is 7.12. The maximum Gasteiger partial charge on any atom is 0.326 e. The van der Waals surface area contributed by atoms with Crippen LogP contribution in [0.5, 0.6) is 0 Å². The van der Waals surface area contributed by atoms with Crippen LogP contribution < -0.4 is 16.8 Å². The first-order valence-electron chi connectivity index (χ1n) is 10.0. The first-order valence-corrected chi connectivity index (χ1v) is 10.0. The van der Waals surface area contributed by atoms with Crippen molar-refractivity contribution in [2.75, 3.05) is 0 Å². The molecular formula is C20H36N4O4. The predicted molar refractivity (Wildman–Crippen MR) is 111 cm³/mol. The summed E-state index contributed by atoms with van der Waals surface area (Å²) in [7, 11) is 0. The molecule has 0 aromatic rings. The molecule has 0 fully saturated rings. The summed E-state index contributed by atoms with van der Waals surface area (Å²) in [4.78, 5) is 38.1. The Balaban J connectivity index is 3.98. The lowest BCUT2D eigenvalue weighted by Gasteiger charge is -2.14. The van der Waals surface area contributed by atoms with Gasteiger partial charge in [-0.15, -0.1) is 0 Å². The summed E-state index contributed by atoms with van der Waals surface area (Å²) in [6.07, 6.45) is 10.3. The molecule has 28 heavy (non-hydrogen) atoms. The van der Waals surface area contributed by atoms with Crippen LogP contribution in [0.2, 0.25) is 0 Å². The molecule has 0 radical (unpaired) electrons. The number of ketones is 1. The van der Waals surface area contributed by atoms with Crippen molar-refractivity contribution in [1.82, 2.24) is 5.32 Å². The number of carbonyl (C=O) groups is 3. The van der Waals surface area contributed by atoms with E-state index >= 15 is 0 Å². The molecule has 0 spiro atoms. The van der Waals surface area contributed by atoms with Crippen LogP contribution in [0.3, 0.4) is 0 Å². The van der Waals surface area contributed by atoms with Gasteiger partial charge in [0, 0.05) is 25.5 Å². The quantitative estimate of drug-likeness (QED) is 0.179. The highest BCUT2D eigenvalue weighted by molar-refractivity contribution is 5.83. The lowest BCUT2D eigenvalue weighted by Crippen LogP contribution is -2.40. The van der Waals surface area contributed by atoms with Gasteiger partial charge in [-0.25, -0.2) is 9.79 Å². The minimum Gasteiger partial charge on any atom is -0.480 e. The largest absolute Gasteiger partial charge is 0.480 e. The van der Waals surface area contributed by atoms with E-state index < -0.39 is 12.0 Å². The molecule has 0 aliphatic rings. The number of rotatable bonds is 16. The van der Waals surface area contributed by atoms with Gasteiger partial charge in [-0.05, 0) is 25.2 Å². The Bertz CT molecular complexity index is 542. The van der Waals surface area contributed by atoms with Gasteiger partial charge in [0.1, 0.15) is 11.8 Å². The topological polar surface area (TPSA) is 148 Å². The van der Waals surface area contributed by atoms with Gasteiger partial charge in [-0.2, -0.15) is 0 Å². The van der Waals surface area contributed by atoms with Crippen molar-refractivity contribution >= 4 is 23.6 Å². The fourth-order valence-electron chi connectivity index (χ4n) is 2.75. The molecule has 0 rings (SSSR count). The van der Waals surface area contributed by atoms with E-state index in [4.69, 9.17) is 11.5 Å². The Hall–Kier alpha value is -2.38. The maximum atomic E-state index is 12.0. The van der Waals surface area contributed by atoms with E-state index in [2.05, 4.69) is 17.2 Å². The Labute approximate surface area is 167 Å². The van der Waals surface area contributed by atoms with Crippen LogP contribution in [0.4, 0.5) is 0 Å². The Morgan fingerprint density at radius 2 is 1.75 bits per heavy atom. The van der Waals surface area contributed by atoms with E-state index in [-0.39, 0.29) is 18.3 Å². The van der Waals surface area contributed by atoms with Gasteiger partial charge in [-0.1, -0.05) is 45.6 Å². The smallest absolute Gasteiger partial charge is 0.326 e. The number of Topliss-reactive ketones (excluding diaryl/α,β-unsaturated/α-hetero) is 1. The molecule has 160 valence electrons. The van der Waals surface area contributed by atoms with Crippen molar-refractivity contribution < 1.29 is 19.5 Å². The minimum absolute atomic E-state index is 0.106. The van der Waals surface area contributed by atoms with Gasteiger partial charge in [-0.3, -0.25) is 9.59 Å². The third kappa shape index (κ3) is 14.8. The van der Waals surface area contributed by atoms with Crippen molar-refractivity contribution in [1.29, 1.82) is 0 Å². The van der Waals surface area contributed by atoms with Crippen molar-refractivity contribution in [2.24, 2.45) is 22.4 Å². The first-order chi connectivity index (χ1) is 13.3. The number of aliphatic imine (C=N–C) groups is 1. The Morgan fingerprint density at radius 1 is 1.07 bits per heavy atom. The maximum absolute atomic E-state index is 12.0. The summed E-state index contributed by atoms with van der Waals surface area (Å²) in [6, 6.07) is -0.999. The fourth-order valence-corrected chi connectivity index (χ4v) is 2.75. The molecular weight excluding hydrogens is 360 g/mol. The van der Waals surface area contributed by atoms with E-state index in [0.717, 1.165) is 38.5 Å². The number of carboxylic acid groups (broad SMARTS) is 1. The summed E-state index contributed by atoms with van der Waals surface area (Å²) in [6.45, 7) is 4.05. The molecule has 0 aromatic carbocycles. The normalized spacial score (nSPS) is 13.1. The number of carbonyl (C=O) groups excluding carboxylic acids is 2. The van der Waals surface area contributed by atoms with Gasteiger partial charge in [0.15, 0.2) is 5.96 Å². The number of amides is 1. The van der Waals surface area contributed by atoms with Crippen molar-refractivity contribution in [3.8, 4) is 0 Å². The second-order valence-electron chi connectivity index (χ2n) is 7.12. The SMILES string of the molecule is CCC(=O)CCCCCC(C)CCCC(=O)N[C@@H](C/C=C/N=C(N)N)C(=O)O. The summed E-state index contributed by atoms with van der Waals surface area (Å²) in [5.74, 6) is -0.654. The number of nitrogens with one attached hydrogen (secondary N) is 1. The summed E-state index contributed by atoms with van der Waals surface area (Å²) in [5, 5.41) is 11.7. The van der Waals surface area contributed by atoms with Gasteiger partial charge in [0.25, 0.3) is 0 Å². The molecule has 0 saturated heterocycles. The molecule has 1 unspecified atom stereocenters. The Kier molecular flexibility index (Phi) is 14.3. The van der Waals surface area contributed by atoms with Crippen LogP contribution in [-0.4, -0.2) is 34.8 Å². The highest BCUT2D eigenvalue weighted by Crippen LogP contribution is 2.16. The first kappa shape index (κ1) is 25.6. The zero-order chi connectivity index (χ0) is 21.4. The summed E-state index contributed by atoms with van der Waals surface area (Å²) >= 11 is 0. The summed E-state index contributed by atoms with van der Waals surface area (Å²) < 4.78 is 0. The third-order valence-corrected chi connectivity index (χ3v) is 4.48. The van der Waals surface area contributed by atoms with E-state index in [0.29, 0.717) is 31.0 Å². The van der Waals surface area contributed by atoms with E-state index in [1.807, 2.05) is 6.92 Å². The van der Waals surface area contributed by atoms with Crippen LogP contribution in [0.15, 0.2) is 17.3 Å². The van der Waals surface area contributed by atoms with Crippen molar-refractivity contribution in [3.63, 3.8) is 0 Å². The van der Waals surface area contributed by atoms with Crippen molar-refractivity contribution in [2.45, 2.75) is 84.1 Å². The van der Waals surface area contributed by atoms with Gasteiger partial charge in [0.2, 0.25) is 5.91 Å². The van der Waals surface area contributed by atoms with E-state index in [1.54, 1.807) is 0 Å². The second kappa shape index (κ2) is 15.7. The minimum atomic E-state index is -1.10. The summed E-state index contributed by atoms with van der Waals surface area (Å²) in [5.41, 5.74) is 10.3. The van der Waals surface area contributed by atoms with Gasteiger partial charge < -0.3 is 21.9 Å².